The zero-order chi connectivity index (χ0) is 16.1. The molecule has 6 heteroatoms. The van der Waals surface area contributed by atoms with Crippen molar-refractivity contribution in [3.63, 3.8) is 0 Å². The first-order valence-corrected chi connectivity index (χ1v) is 7.95. The van der Waals surface area contributed by atoms with Crippen molar-refractivity contribution in [3.05, 3.63) is 48.2 Å². The van der Waals surface area contributed by atoms with Gasteiger partial charge in [-0.15, -0.1) is 0 Å². The van der Waals surface area contributed by atoms with Gasteiger partial charge in [0.15, 0.2) is 0 Å². The number of aromatic nitrogens is 3. The molecule has 0 spiro atoms. The molecule has 1 aliphatic heterocycles. The summed E-state index contributed by atoms with van der Waals surface area (Å²) >= 11 is 0. The minimum Gasteiger partial charge on any atom is -0.355 e. The monoisotopic (exact) mass is 311 g/mol. The molecule has 1 fully saturated rings. The summed E-state index contributed by atoms with van der Waals surface area (Å²) in [5, 5.41) is 2.99. The molecule has 23 heavy (non-hydrogen) atoms. The van der Waals surface area contributed by atoms with Crippen molar-refractivity contribution in [1.82, 2.24) is 20.3 Å². The lowest BCUT2D eigenvalue weighted by molar-refractivity contribution is 0.0940. The minimum absolute atomic E-state index is 0.113. The van der Waals surface area contributed by atoms with E-state index in [1.165, 1.54) is 0 Å². The van der Waals surface area contributed by atoms with Gasteiger partial charge in [0.2, 0.25) is 0 Å². The first-order chi connectivity index (χ1) is 11.2. The third-order valence-corrected chi connectivity index (χ3v) is 4.03. The fourth-order valence-corrected chi connectivity index (χ4v) is 2.87. The van der Waals surface area contributed by atoms with Crippen molar-refractivity contribution in [3.8, 4) is 0 Å². The number of carbonyl (C=O) groups excluding carboxylic acids is 1. The highest BCUT2D eigenvalue weighted by Gasteiger charge is 2.22. The lowest BCUT2D eigenvalue weighted by Crippen LogP contribution is -2.41. The van der Waals surface area contributed by atoms with Crippen LogP contribution in [0.2, 0.25) is 0 Å². The Morgan fingerprint density at radius 1 is 1.39 bits per heavy atom. The number of hydrogen-bond donors (Lipinski definition) is 1. The molecule has 2 aromatic rings. The maximum Gasteiger partial charge on any atom is 0.269 e. The van der Waals surface area contributed by atoms with E-state index in [4.69, 9.17) is 0 Å². The van der Waals surface area contributed by atoms with Crippen molar-refractivity contribution in [1.29, 1.82) is 0 Å². The van der Waals surface area contributed by atoms with Gasteiger partial charge in [-0.1, -0.05) is 6.07 Å². The van der Waals surface area contributed by atoms with E-state index in [0.717, 1.165) is 37.4 Å². The molecule has 1 saturated heterocycles. The Morgan fingerprint density at radius 3 is 3.09 bits per heavy atom. The maximum absolute atomic E-state index is 12.1. The lowest BCUT2D eigenvalue weighted by Gasteiger charge is -2.33. The molecule has 1 aliphatic rings. The van der Waals surface area contributed by atoms with Gasteiger partial charge < -0.3 is 10.2 Å². The second-order valence-electron chi connectivity index (χ2n) is 5.90. The topological polar surface area (TPSA) is 71.0 Å². The van der Waals surface area contributed by atoms with Crippen molar-refractivity contribution in [2.75, 3.05) is 24.5 Å². The van der Waals surface area contributed by atoms with Crippen LogP contribution >= 0.6 is 0 Å². The number of nitrogens with zero attached hydrogens (tertiary/aromatic N) is 4. The zero-order valence-electron chi connectivity index (χ0n) is 13.3. The fourth-order valence-electron chi connectivity index (χ4n) is 2.87. The van der Waals surface area contributed by atoms with Crippen LogP contribution in [0, 0.1) is 12.8 Å². The van der Waals surface area contributed by atoms with Gasteiger partial charge in [0.1, 0.15) is 11.5 Å². The summed E-state index contributed by atoms with van der Waals surface area (Å²) in [7, 11) is 0. The molecule has 0 bridgehead atoms. The van der Waals surface area contributed by atoms with E-state index >= 15 is 0 Å². The quantitative estimate of drug-likeness (QED) is 0.932. The first kappa shape index (κ1) is 15.4. The number of anilines is 1. The third kappa shape index (κ3) is 4.03. The fraction of sp³-hybridized carbons (Fsp3) is 0.412. The number of rotatable bonds is 4. The summed E-state index contributed by atoms with van der Waals surface area (Å²) in [4.78, 5) is 27.2. The Labute approximate surface area is 136 Å². The average molecular weight is 311 g/mol. The molecule has 1 N–H and O–H groups in total. The summed E-state index contributed by atoms with van der Waals surface area (Å²) in [6.45, 7) is 4.49. The van der Waals surface area contributed by atoms with E-state index in [9.17, 15) is 4.79 Å². The highest BCUT2D eigenvalue weighted by Crippen LogP contribution is 2.20. The molecular formula is C17H21N5O. The molecule has 1 amide bonds. The molecule has 6 nitrogen and oxygen atoms in total. The van der Waals surface area contributed by atoms with Crippen LogP contribution in [0.5, 0.6) is 0 Å². The highest BCUT2D eigenvalue weighted by molar-refractivity contribution is 5.92. The van der Waals surface area contributed by atoms with Crippen LogP contribution in [0.1, 0.15) is 29.0 Å². The summed E-state index contributed by atoms with van der Waals surface area (Å²) in [6, 6.07) is 5.35. The molecule has 0 saturated carbocycles. The van der Waals surface area contributed by atoms with Crippen LogP contribution in [-0.2, 0) is 0 Å². The number of nitrogens with one attached hydrogen (secondary N) is 1. The molecule has 3 rings (SSSR count). The minimum atomic E-state index is -0.113. The van der Waals surface area contributed by atoms with Crippen molar-refractivity contribution in [2.45, 2.75) is 19.8 Å². The highest BCUT2D eigenvalue weighted by atomic mass is 16.1. The molecule has 2 aromatic heterocycles. The Kier molecular flexibility index (Phi) is 4.80. The Morgan fingerprint density at radius 2 is 2.30 bits per heavy atom. The predicted octanol–water partition coefficient (Wildman–Crippen LogP) is 1.83. The van der Waals surface area contributed by atoms with Crippen LogP contribution in [0.3, 0.4) is 0 Å². The summed E-state index contributed by atoms with van der Waals surface area (Å²) in [6.07, 6.45) is 7.41. The Hall–Kier alpha value is -2.50. The maximum atomic E-state index is 12.1. The predicted molar refractivity (Wildman–Crippen MR) is 88.3 cm³/mol. The van der Waals surface area contributed by atoms with Crippen LogP contribution in [-0.4, -0.2) is 40.5 Å². The van der Waals surface area contributed by atoms with E-state index in [0.29, 0.717) is 18.2 Å². The van der Waals surface area contributed by atoms with Gasteiger partial charge >= 0.3 is 0 Å². The number of hydrogen-bond acceptors (Lipinski definition) is 5. The van der Waals surface area contributed by atoms with E-state index in [1.807, 2.05) is 19.2 Å². The smallest absolute Gasteiger partial charge is 0.269 e. The zero-order valence-corrected chi connectivity index (χ0v) is 13.3. The molecule has 0 aromatic carbocycles. The number of carbonyl (C=O) groups is 1. The molecule has 1 atom stereocenters. The van der Waals surface area contributed by atoms with Crippen LogP contribution in [0.4, 0.5) is 5.82 Å². The van der Waals surface area contributed by atoms with Crippen LogP contribution in [0.15, 0.2) is 36.8 Å². The second-order valence-corrected chi connectivity index (χ2v) is 5.90. The number of aryl methyl sites for hydroxylation is 1. The van der Waals surface area contributed by atoms with Gasteiger partial charge in [0, 0.05) is 32.0 Å². The Balaban J connectivity index is 1.56. The van der Waals surface area contributed by atoms with Gasteiger partial charge in [-0.3, -0.25) is 14.8 Å². The van der Waals surface area contributed by atoms with Crippen LogP contribution in [0.25, 0.3) is 0 Å². The third-order valence-electron chi connectivity index (χ3n) is 4.03. The van der Waals surface area contributed by atoms with E-state index in [-0.39, 0.29) is 5.91 Å². The van der Waals surface area contributed by atoms with Crippen molar-refractivity contribution < 1.29 is 4.79 Å². The summed E-state index contributed by atoms with van der Waals surface area (Å²) in [5.41, 5.74) is 1.39. The van der Waals surface area contributed by atoms with E-state index in [2.05, 4.69) is 25.2 Å². The van der Waals surface area contributed by atoms with Gasteiger partial charge in [-0.2, -0.15) is 0 Å². The molecular weight excluding hydrogens is 290 g/mol. The second kappa shape index (κ2) is 7.17. The van der Waals surface area contributed by atoms with Crippen molar-refractivity contribution >= 4 is 11.7 Å². The molecule has 0 aliphatic carbocycles. The number of pyridine rings is 1. The molecule has 120 valence electrons. The normalized spacial score (nSPS) is 17.8. The molecule has 1 unspecified atom stereocenters. The molecule has 3 heterocycles. The Bertz CT molecular complexity index is 661. The SMILES string of the molecule is Cc1cncc(N2CCCC(CNC(=O)c3ccccn3)C2)n1. The standard InChI is InChI=1S/C17H21N5O/c1-13-9-18-11-16(21-13)22-8-4-5-14(12-22)10-20-17(23)15-6-2-3-7-19-15/h2-3,6-7,9,11,14H,4-5,8,10,12H2,1H3,(H,20,23). The lowest BCUT2D eigenvalue weighted by atomic mass is 9.98. The summed E-state index contributed by atoms with van der Waals surface area (Å²) < 4.78 is 0. The van der Waals surface area contributed by atoms with Gasteiger partial charge in [-0.05, 0) is 37.8 Å². The number of amides is 1. The van der Waals surface area contributed by atoms with E-state index in [1.54, 1.807) is 24.5 Å². The largest absolute Gasteiger partial charge is 0.355 e. The van der Waals surface area contributed by atoms with Gasteiger partial charge in [-0.25, -0.2) is 4.98 Å². The average Bonchev–Trinajstić information content (AvgIpc) is 2.61. The summed E-state index contributed by atoms with van der Waals surface area (Å²) in [5.74, 6) is 1.22. The van der Waals surface area contributed by atoms with E-state index < -0.39 is 0 Å². The first-order valence-electron chi connectivity index (χ1n) is 7.95. The van der Waals surface area contributed by atoms with Gasteiger partial charge in [0.05, 0.1) is 11.9 Å². The molecule has 0 radical (unpaired) electrons. The van der Waals surface area contributed by atoms with Crippen LogP contribution < -0.4 is 10.2 Å². The van der Waals surface area contributed by atoms with Crippen molar-refractivity contribution in [2.24, 2.45) is 5.92 Å². The van der Waals surface area contributed by atoms with Gasteiger partial charge in [0.25, 0.3) is 5.91 Å². The number of piperidine rings is 1.